The highest BCUT2D eigenvalue weighted by atomic mass is 16.5. The third-order valence-electron chi connectivity index (χ3n) is 3.53. The number of para-hydroxylation sites is 1. The van der Waals surface area contributed by atoms with Gasteiger partial charge in [0.2, 0.25) is 0 Å². The Hall–Kier alpha value is -2.27. The largest absolute Gasteiger partial charge is 0.461 e. The van der Waals surface area contributed by atoms with Gasteiger partial charge in [0.25, 0.3) is 0 Å². The average molecular weight is 285 g/mol. The molecule has 5 heteroatoms. The molecule has 0 aliphatic carbocycles. The summed E-state index contributed by atoms with van der Waals surface area (Å²) in [5.41, 5.74) is 3.12. The Bertz CT molecular complexity index is 730. The van der Waals surface area contributed by atoms with Crippen LogP contribution in [0.25, 0.3) is 11.0 Å². The predicted octanol–water partition coefficient (Wildman–Crippen LogP) is 3.20. The van der Waals surface area contributed by atoms with E-state index < -0.39 is 0 Å². The summed E-state index contributed by atoms with van der Waals surface area (Å²) in [5, 5.41) is 8.84. The summed E-state index contributed by atoms with van der Waals surface area (Å²) in [6.07, 6.45) is 3.81. The second-order valence-electron chi connectivity index (χ2n) is 4.97. The minimum Gasteiger partial charge on any atom is -0.461 e. The normalized spacial score (nSPS) is 11.1. The van der Waals surface area contributed by atoms with Crippen LogP contribution < -0.4 is 5.32 Å². The number of hydrogen-bond donors (Lipinski definition) is 1. The van der Waals surface area contributed by atoms with E-state index >= 15 is 0 Å². The summed E-state index contributed by atoms with van der Waals surface area (Å²) in [6, 6.07) is 8.10. The highest BCUT2D eigenvalue weighted by Crippen LogP contribution is 2.25. The van der Waals surface area contributed by atoms with Gasteiger partial charge in [-0.3, -0.25) is 4.68 Å². The Morgan fingerprint density at radius 3 is 3.05 bits per heavy atom. The van der Waals surface area contributed by atoms with Crippen molar-refractivity contribution in [3.8, 4) is 0 Å². The monoisotopic (exact) mass is 285 g/mol. The molecule has 21 heavy (non-hydrogen) atoms. The van der Waals surface area contributed by atoms with E-state index in [1.165, 1.54) is 5.56 Å². The minimum atomic E-state index is 0.659. The number of methoxy groups -OCH3 is 1. The lowest BCUT2D eigenvalue weighted by molar-refractivity contribution is 0.183. The van der Waals surface area contributed by atoms with Crippen molar-refractivity contribution in [3.63, 3.8) is 0 Å². The number of aromatic nitrogens is 2. The Balaban J connectivity index is 1.71. The Labute approximate surface area is 123 Å². The van der Waals surface area contributed by atoms with Gasteiger partial charge in [-0.05, 0) is 13.0 Å². The van der Waals surface area contributed by atoms with Gasteiger partial charge in [0.15, 0.2) is 0 Å². The molecule has 2 heterocycles. The molecular formula is C16H19N3O2. The van der Waals surface area contributed by atoms with Crippen LogP contribution in [0.2, 0.25) is 0 Å². The first-order valence-electron chi connectivity index (χ1n) is 7.00. The van der Waals surface area contributed by atoms with E-state index in [0.29, 0.717) is 6.61 Å². The van der Waals surface area contributed by atoms with Crippen LogP contribution in [0, 0.1) is 6.92 Å². The number of hydrogen-bond acceptors (Lipinski definition) is 4. The summed E-state index contributed by atoms with van der Waals surface area (Å²) >= 11 is 0. The van der Waals surface area contributed by atoms with Crippen LogP contribution in [0.1, 0.15) is 11.3 Å². The van der Waals surface area contributed by atoms with Crippen LogP contribution in [0.15, 0.2) is 41.1 Å². The van der Waals surface area contributed by atoms with E-state index in [1.807, 2.05) is 42.2 Å². The number of furan rings is 1. The van der Waals surface area contributed by atoms with Crippen LogP contribution in [-0.4, -0.2) is 23.5 Å². The maximum Gasteiger partial charge on any atom is 0.134 e. The topological polar surface area (TPSA) is 52.2 Å². The Morgan fingerprint density at radius 2 is 2.19 bits per heavy atom. The van der Waals surface area contributed by atoms with Crippen LogP contribution in [0.5, 0.6) is 0 Å². The molecule has 1 aromatic carbocycles. The first kappa shape index (κ1) is 13.7. The van der Waals surface area contributed by atoms with Crippen molar-refractivity contribution >= 4 is 16.7 Å². The fourth-order valence-electron chi connectivity index (χ4n) is 2.39. The zero-order chi connectivity index (χ0) is 14.7. The van der Waals surface area contributed by atoms with E-state index in [9.17, 15) is 0 Å². The van der Waals surface area contributed by atoms with Gasteiger partial charge < -0.3 is 14.5 Å². The number of fused-ring (bicyclic) bond motifs is 1. The molecule has 0 aliphatic heterocycles. The van der Waals surface area contributed by atoms with Crippen molar-refractivity contribution < 1.29 is 9.15 Å². The molecule has 3 rings (SSSR count). The third kappa shape index (κ3) is 2.92. The van der Waals surface area contributed by atoms with E-state index in [0.717, 1.165) is 35.5 Å². The standard InChI is InChI=1S/C16H19N3O2/c1-12-15(14-5-3-4-6-16(14)21-12)10-17-13-9-18-19(11-13)7-8-20-2/h3-6,9,11,17H,7-8,10H2,1-2H3. The highest BCUT2D eigenvalue weighted by Gasteiger charge is 2.10. The van der Waals surface area contributed by atoms with Gasteiger partial charge in [-0.2, -0.15) is 5.10 Å². The third-order valence-corrected chi connectivity index (χ3v) is 3.53. The van der Waals surface area contributed by atoms with Crippen molar-refractivity contribution in [3.05, 3.63) is 48.0 Å². The first-order valence-corrected chi connectivity index (χ1v) is 7.00. The zero-order valence-corrected chi connectivity index (χ0v) is 12.3. The van der Waals surface area contributed by atoms with Crippen molar-refractivity contribution in [1.29, 1.82) is 0 Å². The van der Waals surface area contributed by atoms with Gasteiger partial charge >= 0.3 is 0 Å². The molecule has 0 unspecified atom stereocenters. The zero-order valence-electron chi connectivity index (χ0n) is 12.3. The molecule has 0 spiro atoms. The fourth-order valence-corrected chi connectivity index (χ4v) is 2.39. The molecule has 0 atom stereocenters. The summed E-state index contributed by atoms with van der Waals surface area (Å²) in [4.78, 5) is 0. The van der Waals surface area contributed by atoms with Gasteiger partial charge in [0.1, 0.15) is 11.3 Å². The summed E-state index contributed by atoms with van der Waals surface area (Å²) in [5.74, 6) is 0.954. The summed E-state index contributed by atoms with van der Waals surface area (Å²) in [6.45, 7) is 4.14. The molecule has 0 saturated carbocycles. The van der Waals surface area contributed by atoms with Gasteiger partial charge in [-0.15, -0.1) is 0 Å². The number of nitrogens with one attached hydrogen (secondary N) is 1. The van der Waals surface area contributed by atoms with Crippen LogP contribution in [0.4, 0.5) is 5.69 Å². The number of ether oxygens (including phenoxy) is 1. The molecule has 2 aromatic heterocycles. The Morgan fingerprint density at radius 1 is 1.33 bits per heavy atom. The molecule has 0 radical (unpaired) electrons. The second-order valence-corrected chi connectivity index (χ2v) is 4.97. The van der Waals surface area contributed by atoms with Crippen molar-refractivity contribution in [2.24, 2.45) is 0 Å². The summed E-state index contributed by atoms with van der Waals surface area (Å²) in [7, 11) is 1.69. The molecule has 0 aliphatic rings. The summed E-state index contributed by atoms with van der Waals surface area (Å²) < 4.78 is 12.7. The Kier molecular flexibility index (Phi) is 3.92. The van der Waals surface area contributed by atoms with Gasteiger partial charge in [-0.25, -0.2) is 0 Å². The predicted molar refractivity (Wildman–Crippen MR) is 82.4 cm³/mol. The molecule has 0 saturated heterocycles. The number of anilines is 1. The lowest BCUT2D eigenvalue weighted by Gasteiger charge is -2.03. The number of aryl methyl sites for hydroxylation is 1. The highest BCUT2D eigenvalue weighted by molar-refractivity contribution is 5.82. The van der Waals surface area contributed by atoms with E-state index in [1.54, 1.807) is 7.11 Å². The quantitative estimate of drug-likeness (QED) is 0.755. The molecule has 3 aromatic rings. The van der Waals surface area contributed by atoms with Gasteiger partial charge in [-0.1, -0.05) is 18.2 Å². The van der Waals surface area contributed by atoms with E-state index in [4.69, 9.17) is 9.15 Å². The number of nitrogens with zero attached hydrogens (tertiary/aromatic N) is 2. The van der Waals surface area contributed by atoms with E-state index in [-0.39, 0.29) is 0 Å². The molecule has 0 amide bonds. The molecule has 5 nitrogen and oxygen atoms in total. The second kappa shape index (κ2) is 6.01. The van der Waals surface area contributed by atoms with Gasteiger partial charge in [0.05, 0.1) is 25.0 Å². The lowest BCUT2D eigenvalue weighted by atomic mass is 10.1. The van der Waals surface area contributed by atoms with Gasteiger partial charge in [0, 0.05) is 30.8 Å². The minimum absolute atomic E-state index is 0.659. The van der Waals surface area contributed by atoms with Crippen molar-refractivity contribution in [1.82, 2.24) is 9.78 Å². The average Bonchev–Trinajstić information content (AvgIpc) is 3.06. The van der Waals surface area contributed by atoms with E-state index in [2.05, 4.69) is 16.5 Å². The molecular weight excluding hydrogens is 266 g/mol. The number of rotatable bonds is 6. The fraction of sp³-hybridized carbons (Fsp3) is 0.312. The SMILES string of the molecule is COCCn1cc(NCc2c(C)oc3ccccc23)cn1. The number of benzene rings is 1. The molecule has 110 valence electrons. The smallest absolute Gasteiger partial charge is 0.134 e. The molecule has 0 bridgehead atoms. The van der Waals surface area contributed by atoms with Crippen molar-refractivity contribution in [2.75, 3.05) is 19.0 Å². The molecule has 1 N–H and O–H groups in total. The van der Waals surface area contributed by atoms with Crippen LogP contribution in [-0.2, 0) is 17.8 Å². The molecule has 0 fully saturated rings. The maximum atomic E-state index is 5.77. The first-order chi connectivity index (χ1) is 10.3. The van der Waals surface area contributed by atoms with Crippen LogP contribution >= 0.6 is 0 Å². The maximum absolute atomic E-state index is 5.77. The van der Waals surface area contributed by atoms with Crippen LogP contribution in [0.3, 0.4) is 0 Å². The van der Waals surface area contributed by atoms with Crippen molar-refractivity contribution in [2.45, 2.75) is 20.0 Å². The lowest BCUT2D eigenvalue weighted by Crippen LogP contribution is -2.04.